The maximum atomic E-state index is 12.4. The number of nitrogens with zero attached hydrogens (tertiary/aromatic N) is 1. The van der Waals surface area contributed by atoms with Gasteiger partial charge in [-0.15, -0.1) is 24.8 Å². The highest BCUT2D eigenvalue weighted by molar-refractivity contribution is 5.85. The van der Waals surface area contributed by atoms with Crippen LogP contribution in [0.2, 0.25) is 0 Å². The average Bonchev–Trinajstić information content (AvgIpc) is 2.94. The van der Waals surface area contributed by atoms with E-state index in [9.17, 15) is 9.90 Å². The normalized spacial score (nSPS) is 19.8. The van der Waals surface area contributed by atoms with E-state index in [0.29, 0.717) is 13.0 Å². The van der Waals surface area contributed by atoms with Crippen molar-refractivity contribution < 1.29 is 9.90 Å². The van der Waals surface area contributed by atoms with Crippen LogP contribution in [0.25, 0.3) is 0 Å². The Bertz CT molecular complexity index is 537. The fourth-order valence-corrected chi connectivity index (χ4v) is 3.19. The molecule has 7 heteroatoms. The highest BCUT2D eigenvalue weighted by Gasteiger charge is 2.34. The molecule has 2 rings (SSSR count). The minimum atomic E-state index is -0.645. The van der Waals surface area contributed by atoms with Gasteiger partial charge in [0.15, 0.2) is 0 Å². The number of likely N-dealkylation sites (tertiary alicyclic amines) is 1. The van der Waals surface area contributed by atoms with E-state index in [1.807, 2.05) is 51.1 Å². The van der Waals surface area contributed by atoms with Crippen LogP contribution in [0.1, 0.15) is 39.2 Å². The highest BCUT2D eigenvalue weighted by Crippen LogP contribution is 2.19. The monoisotopic (exact) mass is 405 g/mol. The van der Waals surface area contributed by atoms with Crippen LogP contribution in [-0.2, 0) is 11.2 Å². The molecular formula is C19H33Cl2N3O2. The Balaban J connectivity index is 0.00000312. The quantitative estimate of drug-likeness (QED) is 0.677. The average molecular weight is 406 g/mol. The number of amides is 1. The van der Waals surface area contributed by atoms with Crippen LogP contribution in [0, 0.1) is 0 Å². The first-order valence-electron chi connectivity index (χ1n) is 8.80. The number of aliphatic hydroxyl groups is 1. The number of aliphatic hydroxyl groups excluding tert-OH is 1. The van der Waals surface area contributed by atoms with Crippen molar-refractivity contribution in [2.24, 2.45) is 5.73 Å². The lowest BCUT2D eigenvalue weighted by atomic mass is 10.0. The summed E-state index contributed by atoms with van der Waals surface area (Å²) in [5.74, 6) is 0.0452. The molecule has 0 unspecified atom stereocenters. The third-order valence-corrected chi connectivity index (χ3v) is 4.39. The highest BCUT2D eigenvalue weighted by atomic mass is 35.5. The molecule has 1 heterocycles. The number of rotatable bonds is 6. The topological polar surface area (TPSA) is 78.6 Å². The molecule has 5 nitrogen and oxygen atoms in total. The van der Waals surface area contributed by atoms with Crippen molar-refractivity contribution in [2.75, 3.05) is 13.1 Å². The third kappa shape index (κ3) is 7.80. The van der Waals surface area contributed by atoms with Crippen molar-refractivity contribution in [1.82, 2.24) is 10.2 Å². The molecule has 0 bridgehead atoms. The van der Waals surface area contributed by atoms with Gasteiger partial charge < -0.3 is 16.2 Å². The summed E-state index contributed by atoms with van der Waals surface area (Å²) in [4.78, 5) is 14.5. The van der Waals surface area contributed by atoms with Gasteiger partial charge >= 0.3 is 0 Å². The van der Waals surface area contributed by atoms with Gasteiger partial charge in [-0.25, -0.2) is 0 Å². The number of carbonyl (C=O) groups is 1. The summed E-state index contributed by atoms with van der Waals surface area (Å²) in [7, 11) is 0. The fraction of sp³-hybridized carbons (Fsp3) is 0.632. The van der Waals surface area contributed by atoms with Crippen molar-refractivity contribution >= 4 is 30.7 Å². The fourth-order valence-electron chi connectivity index (χ4n) is 3.19. The summed E-state index contributed by atoms with van der Waals surface area (Å²) < 4.78 is 0. The zero-order chi connectivity index (χ0) is 17.7. The maximum Gasteiger partial charge on any atom is 0.237 e. The summed E-state index contributed by atoms with van der Waals surface area (Å²) in [6.07, 6.45) is 1.80. The first-order valence-corrected chi connectivity index (χ1v) is 8.80. The lowest BCUT2D eigenvalue weighted by molar-refractivity contribution is -0.127. The van der Waals surface area contributed by atoms with E-state index in [0.717, 1.165) is 24.9 Å². The molecule has 0 radical (unpaired) electrons. The predicted molar refractivity (Wildman–Crippen MR) is 111 cm³/mol. The number of carbonyl (C=O) groups excluding carboxylic acids is 1. The van der Waals surface area contributed by atoms with Crippen molar-refractivity contribution in [1.29, 1.82) is 0 Å². The molecule has 26 heavy (non-hydrogen) atoms. The smallest absolute Gasteiger partial charge is 0.237 e. The molecule has 1 amide bonds. The summed E-state index contributed by atoms with van der Waals surface area (Å²) in [6.45, 7) is 7.21. The molecule has 0 aromatic heterocycles. The second-order valence-corrected chi connectivity index (χ2v) is 7.81. The number of hydrogen-bond acceptors (Lipinski definition) is 4. The Kier molecular flexibility index (Phi) is 10.7. The maximum absolute atomic E-state index is 12.4. The minimum absolute atomic E-state index is 0. The summed E-state index contributed by atoms with van der Waals surface area (Å²) >= 11 is 0. The van der Waals surface area contributed by atoms with E-state index in [4.69, 9.17) is 5.73 Å². The van der Waals surface area contributed by atoms with Gasteiger partial charge in [-0.2, -0.15) is 0 Å². The van der Waals surface area contributed by atoms with Crippen LogP contribution in [-0.4, -0.2) is 52.7 Å². The van der Waals surface area contributed by atoms with Crippen molar-refractivity contribution in [3.05, 3.63) is 35.9 Å². The van der Waals surface area contributed by atoms with Gasteiger partial charge in [0.25, 0.3) is 0 Å². The van der Waals surface area contributed by atoms with Crippen molar-refractivity contribution in [3.63, 3.8) is 0 Å². The van der Waals surface area contributed by atoms with Gasteiger partial charge in [0.05, 0.1) is 12.1 Å². The standard InChI is InChI=1S/C19H31N3O2.2ClH/c1-19(2,3)21-18(24)16-10-7-11-22(16)13-17(23)15(20)12-14-8-5-4-6-9-14;;/h4-6,8-9,15-17,23H,7,10-13,20H2,1-3H3,(H,21,24);2*1H/t15-,16+,17+;;/m1../s1. The zero-order valence-electron chi connectivity index (χ0n) is 15.9. The Labute approximate surface area is 169 Å². The Morgan fingerprint density at radius 1 is 1.31 bits per heavy atom. The zero-order valence-corrected chi connectivity index (χ0v) is 17.5. The van der Waals surface area contributed by atoms with Crippen LogP contribution >= 0.6 is 24.8 Å². The number of nitrogens with one attached hydrogen (secondary N) is 1. The number of benzene rings is 1. The molecule has 1 aliphatic heterocycles. The van der Waals surface area contributed by atoms with Crippen LogP contribution in [0.4, 0.5) is 0 Å². The molecule has 3 atom stereocenters. The molecule has 1 aromatic carbocycles. The molecule has 1 aromatic rings. The first kappa shape index (κ1) is 25.1. The van der Waals surface area contributed by atoms with E-state index in [1.54, 1.807) is 0 Å². The molecule has 150 valence electrons. The molecule has 0 spiro atoms. The van der Waals surface area contributed by atoms with Gasteiger partial charge in [-0.05, 0) is 52.1 Å². The minimum Gasteiger partial charge on any atom is -0.390 e. The molecule has 4 N–H and O–H groups in total. The third-order valence-electron chi connectivity index (χ3n) is 4.39. The van der Waals surface area contributed by atoms with Gasteiger partial charge in [0.1, 0.15) is 0 Å². The second kappa shape index (κ2) is 11.1. The predicted octanol–water partition coefficient (Wildman–Crippen LogP) is 2.14. The van der Waals surface area contributed by atoms with E-state index < -0.39 is 6.10 Å². The van der Waals surface area contributed by atoms with Crippen LogP contribution in [0.5, 0.6) is 0 Å². The molecule has 1 aliphatic rings. The van der Waals surface area contributed by atoms with E-state index >= 15 is 0 Å². The van der Waals surface area contributed by atoms with Crippen LogP contribution in [0.15, 0.2) is 30.3 Å². The number of β-amino-alcohol motifs (C(OH)–C–C–N with tert-alkyl or cyclic N) is 1. The second-order valence-electron chi connectivity index (χ2n) is 7.81. The van der Waals surface area contributed by atoms with Gasteiger partial charge in [0, 0.05) is 18.1 Å². The first-order chi connectivity index (χ1) is 11.3. The van der Waals surface area contributed by atoms with E-state index in [2.05, 4.69) is 10.2 Å². The van der Waals surface area contributed by atoms with Crippen LogP contribution in [0.3, 0.4) is 0 Å². The van der Waals surface area contributed by atoms with Gasteiger partial charge in [-0.3, -0.25) is 9.69 Å². The lowest BCUT2D eigenvalue weighted by Crippen LogP contribution is -2.53. The SMILES string of the molecule is CC(C)(C)NC(=O)[C@@H]1CCCN1C[C@H](O)[C@H](N)Cc1ccccc1.Cl.Cl. The molecular weight excluding hydrogens is 373 g/mol. The van der Waals surface area contributed by atoms with Crippen molar-refractivity contribution in [3.8, 4) is 0 Å². The molecule has 1 fully saturated rings. The van der Waals surface area contributed by atoms with Gasteiger partial charge in [0.2, 0.25) is 5.91 Å². The summed E-state index contributed by atoms with van der Waals surface area (Å²) in [5.41, 5.74) is 7.05. The summed E-state index contributed by atoms with van der Waals surface area (Å²) in [6, 6.07) is 9.45. The van der Waals surface area contributed by atoms with E-state index in [1.165, 1.54) is 0 Å². The Morgan fingerprint density at radius 2 is 1.92 bits per heavy atom. The van der Waals surface area contributed by atoms with E-state index in [-0.39, 0.29) is 48.3 Å². The Morgan fingerprint density at radius 3 is 2.50 bits per heavy atom. The number of hydrogen-bond donors (Lipinski definition) is 3. The summed E-state index contributed by atoms with van der Waals surface area (Å²) in [5, 5.41) is 13.5. The molecule has 0 aliphatic carbocycles. The number of nitrogens with two attached hydrogens (primary N) is 1. The van der Waals surface area contributed by atoms with Crippen LogP contribution < -0.4 is 11.1 Å². The Hall–Kier alpha value is -0.850. The lowest BCUT2D eigenvalue weighted by Gasteiger charge is -2.30. The molecule has 1 saturated heterocycles. The number of halogens is 2. The molecule has 0 saturated carbocycles. The van der Waals surface area contributed by atoms with Crippen molar-refractivity contribution in [2.45, 2.75) is 63.8 Å². The largest absolute Gasteiger partial charge is 0.390 e. The van der Waals surface area contributed by atoms with Gasteiger partial charge in [-0.1, -0.05) is 30.3 Å².